The average molecular weight is 203 g/mol. The molecule has 2 N–H and O–H groups in total. The van der Waals surface area contributed by atoms with E-state index in [1.807, 2.05) is 6.08 Å². The molecule has 0 unspecified atom stereocenters. The van der Waals surface area contributed by atoms with Gasteiger partial charge in [0.05, 0.1) is 0 Å². The van der Waals surface area contributed by atoms with Gasteiger partial charge in [-0.2, -0.15) is 0 Å². The number of nitrogens with two attached hydrogens (primary N) is 1. The number of aryl methyl sites for hydroxylation is 1. The molecule has 0 spiro atoms. The molecule has 0 aliphatic heterocycles. The van der Waals surface area contributed by atoms with Crippen molar-refractivity contribution < 1.29 is 4.79 Å². The number of amides is 1. The fourth-order valence-corrected chi connectivity index (χ4v) is 1.40. The number of rotatable bonds is 5. The van der Waals surface area contributed by atoms with Crippen molar-refractivity contribution in [1.29, 1.82) is 0 Å². The normalized spacial score (nSPS) is 10.7. The predicted molar refractivity (Wildman–Crippen MR) is 63.3 cm³/mol. The zero-order chi connectivity index (χ0) is 11.1. The lowest BCUT2D eigenvalue weighted by Gasteiger charge is -1.98. The smallest absolute Gasteiger partial charge is 0.221 e. The third-order valence-electron chi connectivity index (χ3n) is 2.15. The quantitative estimate of drug-likeness (QED) is 0.785. The van der Waals surface area contributed by atoms with Gasteiger partial charge in [-0.05, 0) is 17.5 Å². The molecule has 15 heavy (non-hydrogen) atoms. The number of carbonyl (C=O) groups is 1. The fraction of sp³-hybridized carbons (Fsp3) is 0.308. The van der Waals surface area contributed by atoms with E-state index >= 15 is 0 Å². The minimum atomic E-state index is -0.297. The number of hydrogen-bond donors (Lipinski definition) is 1. The van der Waals surface area contributed by atoms with Crippen LogP contribution in [0.4, 0.5) is 0 Å². The summed E-state index contributed by atoms with van der Waals surface area (Å²) in [5.41, 5.74) is 7.49. The first-order chi connectivity index (χ1) is 7.22. The largest absolute Gasteiger partial charge is 0.369 e. The zero-order valence-electron chi connectivity index (χ0n) is 9.07. The Morgan fingerprint density at radius 1 is 1.33 bits per heavy atom. The Kier molecular flexibility index (Phi) is 4.61. The van der Waals surface area contributed by atoms with Crippen LogP contribution in [-0.2, 0) is 11.2 Å². The predicted octanol–water partition coefficient (Wildman–Crippen LogP) is 2.53. The third-order valence-corrected chi connectivity index (χ3v) is 2.15. The van der Waals surface area contributed by atoms with Crippen LogP contribution in [0.25, 0.3) is 6.08 Å². The maximum atomic E-state index is 10.5. The minimum Gasteiger partial charge on any atom is -0.369 e. The lowest BCUT2D eigenvalue weighted by atomic mass is 10.1. The highest BCUT2D eigenvalue weighted by molar-refractivity contribution is 5.76. The highest BCUT2D eigenvalue weighted by Gasteiger charge is 1.91. The van der Waals surface area contributed by atoms with Gasteiger partial charge in [0.1, 0.15) is 0 Å². The van der Waals surface area contributed by atoms with Gasteiger partial charge in [0.25, 0.3) is 0 Å². The van der Waals surface area contributed by atoms with Crippen LogP contribution in [0, 0.1) is 0 Å². The lowest BCUT2D eigenvalue weighted by molar-refractivity contribution is -0.117. The Morgan fingerprint density at radius 2 is 2.00 bits per heavy atom. The van der Waals surface area contributed by atoms with Crippen LogP contribution in [-0.4, -0.2) is 5.91 Å². The van der Waals surface area contributed by atoms with Crippen LogP contribution in [0.1, 0.15) is 30.9 Å². The molecule has 2 nitrogen and oxygen atoms in total. The average Bonchev–Trinajstić information content (AvgIpc) is 2.20. The van der Waals surface area contributed by atoms with Gasteiger partial charge < -0.3 is 5.73 Å². The summed E-state index contributed by atoms with van der Waals surface area (Å²) in [4.78, 5) is 10.5. The van der Waals surface area contributed by atoms with Gasteiger partial charge in [-0.1, -0.05) is 49.8 Å². The molecule has 0 radical (unpaired) electrons. The molecule has 0 atom stereocenters. The van der Waals surface area contributed by atoms with Gasteiger partial charge in [0.15, 0.2) is 0 Å². The van der Waals surface area contributed by atoms with Crippen LogP contribution in [0.3, 0.4) is 0 Å². The van der Waals surface area contributed by atoms with Gasteiger partial charge >= 0.3 is 0 Å². The molecule has 0 heterocycles. The second kappa shape index (κ2) is 6.02. The number of primary amides is 1. The van der Waals surface area contributed by atoms with E-state index in [0.29, 0.717) is 6.42 Å². The molecule has 0 saturated heterocycles. The minimum absolute atomic E-state index is 0.297. The molecule has 2 heteroatoms. The highest BCUT2D eigenvalue weighted by atomic mass is 16.1. The van der Waals surface area contributed by atoms with E-state index in [1.54, 1.807) is 6.08 Å². The highest BCUT2D eigenvalue weighted by Crippen LogP contribution is 2.08. The van der Waals surface area contributed by atoms with Gasteiger partial charge in [-0.3, -0.25) is 4.79 Å². The van der Waals surface area contributed by atoms with Crippen LogP contribution >= 0.6 is 0 Å². The van der Waals surface area contributed by atoms with Crippen molar-refractivity contribution >= 4 is 12.0 Å². The molecule has 0 bridgehead atoms. The zero-order valence-corrected chi connectivity index (χ0v) is 9.07. The van der Waals surface area contributed by atoms with Crippen molar-refractivity contribution in [3.05, 3.63) is 41.5 Å². The van der Waals surface area contributed by atoms with E-state index in [0.717, 1.165) is 18.4 Å². The maximum absolute atomic E-state index is 10.5. The molecule has 0 aliphatic carbocycles. The summed E-state index contributed by atoms with van der Waals surface area (Å²) in [5.74, 6) is -0.297. The van der Waals surface area contributed by atoms with Crippen LogP contribution in [0.15, 0.2) is 30.3 Å². The first-order valence-corrected chi connectivity index (χ1v) is 5.26. The van der Waals surface area contributed by atoms with E-state index in [9.17, 15) is 4.79 Å². The number of carbonyl (C=O) groups excluding carboxylic acids is 1. The van der Waals surface area contributed by atoms with Crippen LogP contribution in [0.5, 0.6) is 0 Å². The third kappa shape index (κ3) is 4.45. The Labute approximate surface area is 90.8 Å². The van der Waals surface area contributed by atoms with Crippen molar-refractivity contribution in [2.75, 3.05) is 0 Å². The van der Waals surface area contributed by atoms with Crippen molar-refractivity contribution in [3.63, 3.8) is 0 Å². The summed E-state index contributed by atoms with van der Waals surface area (Å²) in [7, 11) is 0. The molecule has 0 aromatic heterocycles. The van der Waals surface area contributed by atoms with Gasteiger partial charge in [0, 0.05) is 6.42 Å². The first kappa shape index (κ1) is 11.5. The molecule has 1 aromatic rings. The van der Waals surface area contributed by atoms with E-state index < -0.39 is 0 Å². The van der Waals surface area contributed by atoms with Crippen LogP contribution in [0.2, 0.25) is 0 Å². The molecule has 0 aliphatic rings. The second-order valence-electron chi connectivity index (χ2n) is 3.56. The number of benzene rings is 1. The van der Waals surface area contributed by atoms with Crippen molar-refractivity contribution in [1.82, 2.24) is 0 Å². The number of hydrogen-bond acceptors (Lipinski definition) is 1. The summed E-state index contributed by atoms with van der Waals surface area (Å²) in [5, 5.41) is 0. The SMILES string of the molecule is CCCc1ccc(C=CCC(N)=O)cc1. The van der Waals surface area contributed by atoms with Crippen molar-refractivity contribution in [2.45, 2.75) is 26.2 Å². The molecule has 0 saturated carbocycles. The van der Waals surface area contributed by atoms with Crippen molar-refractivity contribution in [2.24, 2.45) is 5.73 Å². The Morgan fingerprint density at radius 3 is 2.53 bits per heavy atom. The summed E-state index contributed by atoms with van der Waals surface area (Å²) >= 11 is 0. The fourth-order valence-electron chi connectivity index (χ4n) is 1.40. The Bertz CT molecular complexity index is 338. The van der Waals surface area contributed by atoms with E-state index in [1.165, 1.54) is 5.56 Å². The van der Waals surface area contributed by atoms with Crippen molar-refractivity contribution in [3.8, 4) is 0 Å². The standard InChI is InChI=1S/C13H17NO/c1-2-4-11-7-9-12(10-8-11)5-3-6-13(14)15/h3,5,7-10H,2,4,6H2,1H3,(H2,14,15). The molecule has 80 valence electrons. The maximum Gasteiger partial charge on any atom is 0.221 e. The topological polar surface area (TPSA) is 43.1 Å². The lowest BCUT2D eigenvalue weighted by Crippen LogP contribution is -2.07. The molecular weight excluding hydrogens is 186 g/mol. The van der Waals surface area contributed by atoms with Gasteiger partial charge in [0.2, 0.25) is 5.91 Å². The van der Waals surface area contributed by atoms with Crippen LogP contribution < -0.4 is 5.73 Å². The summed E-state index contributed by atoms with van der Waals surface area (Å²) in [6, 6.07) is 8.35. The van der Waals surface area contributed by atoms with Gasteiger partial charge in [-0.25, -0.2) is 0 Å². The summed E-state index contributed by atoms with van der Waals surface area (Å²) < 4.78 is 0. The molecule has 1 rings (SSSR count). The van der Waals surface area contributed by atoms with E-state index in [-0.39, 0.29) is 5.91 Å². The first-order valence-electron chi connectivity index (χ1n) is 5.26. The molecular formula is C13H17NO. The summed E-state index contributed by atoms with van der Waals surface area (Å²) in [6.45, 7) is 2.17. The van der Waals surface area contributed by atoms with E-state index in [2.05, 4.69) is 31.2 Å². The monoisotopic (exact) mass is 203 g/mol. The second-order valence-corrected chi connectivity index (χ2v) is 3.56. The molecule has 0 fully saturated rings. The Balaban J connectivity index is 2.56. The molecule has 1 aromatic carbocycles. The Hall–Kier alpha value is -1.57. The van der Waals surface area contributed by atoms with Gasteiger partial charge in [-0.15, -0.1) is 0 Å². The van der Waals surface area contributed by atoms with E-state index in [4.69, 9.17) is 5.73 Å². The molecule has 1 amide bonds. The summed E-state index contributed by atoms with van der Waals surface area (Å²) in [6.07, 6.45) is 6.29.